The summed E-state index contributed by atoms with van der Waals surface area (Å²) in [6, 6.07) is 13.1. The molecule has 0 amide bonds. The van der Waals surface area contributed by atoms with E-state index in [0.717, 1.165) is 16.7 Å². The highest BCUT2D eigenvalue weighted by atomic mass is 35.5. The molecule has 1 N–H and O–H groups in total. The normalized spacial score (nSPS) is 15.7. The van der Waals surface area contributed by atoms with Crippen molar-refractivity contribution in [3.8, 4) is 0 Å². The largest absolute Gasteiger partial charge is 0.481 e. The lowest BCUT2D eigenvalue weighted by molar-refractivity contribution is -0.148. The molecule has 0 bridgehead atoms. The molecule has 1 aliphatic carbocycles. The minimum atomic E-state index is -0.863. The van der Waals surface area contributed by atoms with Gasteiger partial charge < -0.3 is 5.11 Å². The topological polar surface area (TPSA) is 37.3 Å². The second-order valence-electron chi connectivity index (χ2n) is 5.58. The summed E-state index contributed by atoms with van der Waals surface area (Å²) < 4.78 is 0. The first kappa shape index (κ1) is 14.4. The van der Waals surface area contributed by atoms with E-state index in [1.165, 1.54) is 0 Å². The van der Waals surface area contributed by atoms with Crippen LogP contribution >= 0.6 is 23.2 Å². The molecule has 0 unspecified atom stereocenters. The van der Waals surface area contributed by atoms with Gasteiger partial charge in [-0.05, 0) is 48.1 Å². The van der Waals surface area contributed by atoms with Crippen molar-refractivity contribution in [2.45, 2.75) is 19.3 Å². The Morgan fingerprint density at radius 3 is 2.00 bits per heavy atom. The van der Waals surface area contributed by atoms with E-state index in [-0.39, 0.29) is 0 Å². The fourth-order valence-corrected chi connectivity index (χ4v) is 3.62. The van der Waals surface area contributed by atoms with Crippen molar-refractivity contribution >= 4 is 29.2 Å². The van der Waals surface area contributed by atoms with Crippen LogP contribution in [0.1, 0.15) is 16.7 Å². The third-order valence-corrected chi connectivity index (χ3v) is 4.91. The maximum Gasteiger partial charge on any atom is 0.310 e. The molecule has 3 rings (SSSR count). The lowest BCUT2D eigenvalue weighted by Crippen LogP contribution is -2.34. The number of rotatable bonds is 3. The van der Waals surface area contributed by atoms with E-state index in [4.69, 9.17) is 23.2 Å². The monoisotopic (exact) mass is 320 g/mol. The molecule has 2 aromatic carbocycles. The van der Waals surface area contributed by atoms with Gasteiger partial charge in [0, 0.05) is 10.0 Å². The number of carboxylic acid groups (broad SMARTS) is 1. The van der Waals surface area contributed by atoms with Crippen molar-refractivity contribution in [1.29, 1.82) is 0 Å². The highest BCUT2D eigenvalue weighted by Gasteiger charge is 2.44. The van der Waals surface area contributed by atoms with E-state index in [9.17, 15) is 9.90 Å². The lowest BCUT2D eigenvalue weighted by Gasteiger charge is -2.25. The zero-order chi connectivity index (χ0) is 15.0. The maximum atomic E-state index is 11.9. The molecular weight excluding hydrogens is 307 g/mol. The Kier molecular flexibility index (Phi) is 3.68. The van der Waals surface area contributed by atoms with Gasteiger partial charge in [-0.2, -0.15) is 0 Å². The zero-order valence-electron chi connectivity index (χ0n) is 11.3. The Labute approximate surface area is 133 Å². The number of halogens is 2. The van der Waals surface area contributed by atoms with E-state index in [1.54, 1.807) is 18.2 Å². The molecule has 0 atom stereocenters. The SMILES string of the molecule is O=C(O)C1(Cc2c(Cl)cccc2Cl)Cc2ccccc2C1. The van der Waals surface area contributed by atoms with Crippen LogP contribution in [-0.2, 0) is 24.1 Å². The van der Waals surface area contributed by atoms with Crippen molar-refractivity contribution in [2.24, 2.45) is 5.41 Å². The van der Waals surface area contributed by atoms with Crippen LogP contribution in [0.15, 0.2) is 42.5 Å². The molecule has 1 aliphatic rings. The Bertz CT molecular complexity index is 664. The van der Waals surface area contributed by atoms with Gasteiger partial charge in [0.25, 0.3) is 0 Å². The molecule has 108 valence electrons. The summed E-state index contributed by atoms with van der Waals surface area (Å²) in [7, 11) is 0. The molecule has 0 aromatic heterocycles. The molecule has 4 heteroatoms. The van der Waals surface area contributed by atoms with E-state index >= 15 is 0 Å². The van der Waals surface area contributed by atoms with Crippen molar-refractivity contribution < 1.29 is 9.90 Å². The van der Waals surface area contributed by atoms with E-state index in [2.05, 4.69) is 0 Å². The van der Waals surface area contributed by atoms with Crippen molar-refractivity contribution in [2.75, 3.05) is 0 Å². The molecule has 0 saturated heterocycles. The second-order valence-corrected chi connectivity index (χ2v) is 6.40. The predicted molar refractivity (Wildman–Crippen MR) is 84.1 cm³/mol. The summed E-state index contributed by atoms with van der Waals surface area (Å²) in [5.41, 5.74) is 2.06. The zero-order valence-corrected chi connectivity index (χ0v) is 12.8. The smallest absolute Gasteiger partial charge is 0.310 e. The van der Waals surface area contributed by atoms with Gasteiger partial charge in [-0.3, -0.25) is 4.79 Å². The third kappa shape index (κ3) is 2.54. The number of fused-ring (bicyclic) bond motifs is 1. The second kappa shape index (κ2) is 5.36. The molecule has 2 aromatic rings. The molecule has 0 spiro atoms. The van der Waals surface area contributed by atoms with Gasteiger partial charge in [0.1, 0.15) is 0 Å². The minimum absolute atomic E-state index is 0.343. The number of carbonyl (C=O) groups is 1. The summed E-state index contributed by atoms with van der Waals surface area (Å²) in [6.07, 6.45) is 1.37. The van der Waals surface area contributed by atoms with E-state index in [0.29, 0.717) is 29.3 Å². The van der Waals surface area contributed by atoms with Gasteiger partial charge in [0.05, 0.1) is 5.41 Å². The number of hydrogen-bond acceptors (Lipinski definition) is 1. The van der Waals surface area contributed by atoms with Crippen molar-refractivity contribution in [3.63, 3.8) is 0 Å². The molecule has 0 saturated carbocycles. The summed E-state index contributed by atoms with van der Waals surface area (Å²) >= 11 is 12.4. The van der Waals surface area contributed by atoms with E-state index < -0.39 is 11.4 Å². The van der Waals surface area contributed by atoms with Crippen LogP contribution in [0.2, 0.25) is 10.0 Å². The molecule has 0 radical (unpaired) electrons. The van der Waals surface area contributed by atoms with Crippen LogP contribution < -0.4 is 0 Å². The number of hydrogen-bond donors (Lipinski definition) is 1. The van der Waals surface area contributed by atoms with Crippen LogP contribution in [-0.4, -0.2) is 11.1 Å². The van der Waals surface area contributed by atoms with Gasteiger partial charge in [-0.15, -0.1) is 0 Å². The summed E-state index contributed by atoms with van der Waals surface area (Å²) in [5.74, 6) is -0.797. The fraction of sp³-hybridized carbons (Fsp3) is 0.235. The van der Waals surface area contributed by atoms with Crippen molar-refractivity contribution in [1.82, 2.24) is 0 Å². The predicted octanol–water partition coefficient (Wildman–Crippen LogP) is 4.41. The average Bonchev–Trinajstić information content (AvgIpc) is 2.83. The molecule has 21 heavy (non-hydrogen) atoms. The Morgan fingerprint density at radius 1 is 1.00 bits per heavy atom. The quantitative estimate of drug-likeness (QED) is 0.909. The minimum Gasteiger partial charge on any atom is -0.481 e. The Hall–Kier alpha value is -1.51. The highest BCUT2D eigenvalue weighted by molar-refractivity contribution is 6.36. The number of aliphatic carboxylic acids is 1. The van der Waals surface area contributed by atoms with E-state index in [1.807, 2.05) is 24.3 Å². The van der Waals surface area contributed by atoms with Crippen LogP contribution in [0.3, 0.4) is 0 Å². The Morgan fingerprint density at radius 2 is 1.52 bits per heavy atom. The molecule has 0 heterocycles. The Balaban J connectivity index is 2.00. The fourth-order valence-electron chi connectivity index (χ4n) is 3.09. The number of carboxylic acids is 1. The first-order valence-electron chi connectivity index (χ1n) is 6.75. The first-order chi connectivity index (χ1) is 10.0. The molecule has 2 nitrogen and oxygen atoms in total. The van der Waals surface area contributed by atoms with Gasteiger partial charge in [-0.1, -0.05) is 53.5 Å². The van der Waals surface area contributed by atoms with Gasteiger partial charge >= 0.3 is 5.97 Å². The van der Waals surface area contributed by atoms with Crippen LogP contribution in [0.4, 0.5) is 0 Å². The van der Waals surface area contributed by atoms with Crippen LogP contribution in [0, 0.1) is 5.41 Å². The van der Waals surface area contributed by atoms with Gasteiger partial charge in [-0.25, -0.2) is 0 Å². The molecule has 0 aliphatic heterocycles. The lowest BCUT2D eigenvalue weighted by atomic mass is 9.79. The summed E-state index contributed by atoms with van der Waals surface area (Å²) in [5, 5.41) is 10.8. The highest BCUT2D eigenvalue weighted by Crippen LogP contribution is 2.42. The standard InChI is InChI=1S/C17H14Cl2O2/c18-14-6-3-7-15(19)13(14)10-17(16(20)21)8-11-4-1-2-5-12(11)9-17/h1-7H,8-10H2,(H,20,21). The molecular formula is C17H14Cl2O2. The first-order valence-corrected chi connectivity index (χ1v) is 7.50. The molecule has 0 fully saturated rings. The van der Waals surface area contributed by atoms with Crippen LogP contribution in [0.5, 0.6) is 0 Å². The van der Waals surface area contributed by atoms with Crippen LogP contribution in [0.25, 0.3) is 0 Å². The average molecular weight is 321 g/mol. The van der Waals surface area contributed by atoms with Gasteiger partial charge in [0.15, 0.2) is 0 Å². The summed E-state index contributed by atoms with van der Waals surface area (Å²) in [4.78, 5) is 11.9. The van der Waals surface area contributed by atoms with Gasteiger partial charge in [0.2, 0.25) is 0 Å². The summed E-state index contributed by atoms with van der Waals surface area (Å²) in [6.45, 7) is 0. The number of benzene rings is 2. The maximum absolute atomic E-state index is 11.9. The third-order valence-electron chi connectivity index (χ3n) is 4.21. The van der Waals surface area contributed by atoms with Crippen molar-refractivity contribution in [3.05, 3.63) is 69.2 Å².